The van der Waals surface area contributed by atoms with Gasteiger partial charge in [0.1, 0.15) is 11.7 Å². The fourth-order valence-electron chi connectivity index (χ4n) is 3.28. The summed E-state index contributed by atoms with van der Waals surface area (Å²) in [7, 11) is 1.50. The van der Waals surface area contributed by atoms with Crippen molar-refractivity contribution in [1.29, 1.82) is 0 Å². The van der Waals surface area contributed by atoms with E-state index in [1.165, 1.54) is 25.6 Å². The lowest BCUT2D eigenvalue weighted by Crippen LogP contribution is -2.44. The third-order valence-electron chi connectivity index (χ3n) is 4.62. The van der Waals surface area contributed by atoms with E-state index >= 15 is 0 Å². The van der Waals surface area contributed by atoms with Crippen molar-refractivity contribution in [3.63, 3.8) is 0 Å². The number of carbonyl (C=O) groups excluding carboxylic acids is 1. The third kappa shape index (κ3) is 3.53. The van der Waals surface area contributed by atoms with Gasteiger partial charge in [-0.15, -0.1) is 0 Å². The number of likely N-dealkylation sites (tertiary alicyclic amines) is 1. The number of nitrogens with zero attached hydrogens (tertiary/aromatic N) is 3. The minimum atomic E-state index is -0.331. The monoisotopic (exact) mass is 381 g/mol. The summed E-state index contributed by atoms with van der Waals surface area (Å²) in [6.07, 6.45) is 4.31. The number of amides is 1. The Kier molecular flexibility index (Phi) is 4.92. The Hall–Kier alpha value is -3.42. The summed E-state index contributed by atoms with van der Waals surface area (Å²) in [4.78, 5) is 35.0. The van der Waals surface area contributed by atoms with Crippen molar-refractivity contribution < 1.29 is 18.7 Å². The number of piperidine rings is 1. The summed E-state index contributed by atoms with van der Waals surface area (Å²) in [5.41, 5.74) is 0.159. The second kappa shape index (κ2) is 7.67. The van der Waals surface area contributed by atoms with Crippen LogP contribution in [0.25, 0.3) is 11.0 Å². The first kappa shape index (κ1) is 18.0. The molecule has 0 aliphatic carbocycles. The van der Waals surface area contributed by atoms with Crippen molar-refractivity contribution in [3.8, 4) is 11.8 Å². The lowest BCUT2D eigenvalue weighted by molar-refractivity contribution is 0.0493. The summed E-state index contributed by atoms with van der Waals surface area (Å²) in [6, 6.07) is 8.12. The van der Waals surface area contributed by atoms with Crippen LogP contribution in [0, 0.1) is 0 Å². The minimum absolute atomic E-state index is 0.0291. The Bertz CT molecular complexity index is 1060. The Morgan fingerprint density at radius 2 is 2.00 bits per heavy atom. The van der Waals surface area contributed by atoms with E-state index in [2.05, 4.69) is 9.97 Å². The zero-order valence-electron chi connectivity index (χ0n) is 15.3. The molecule has 28 heavy (non-hydrogen) atoms. The van der Waals surface area contributed by atoms with E-state index in [9.17, 15) is 9.59 Å². The molecule has 0 N–H and O–H groups in total. The van der Waals surface area contributed by atoms with E-state index in [1.807, 2.05) is 0 Å². The van der Waals surface area contributed by atoms with Gasteiger partial charge >= 0.3 is 0 Å². The first-order valence-corrected chi connectivity index (χ1v) is 8.99. The molecule has 1 saturated heterocycles. The van der Waals surface area contributed by atoms with Gasteiger partial charge in [-0.25, -0.2) is 9.97 Å². The zero-order chi connectivity index (χ0) is 19.5. The largest absolute Gasteiger partial charge is 0.477 e. The fourth-order valence-corrected chi connectivity index (χ4v) is 3.28. The van der Waals surface area contributed by atoms with E-state index in [1.54, 1.807) is 29.2 Å². The summed E-state index contributed by atoms with van der Waals surface area (Å²) in [6.45, 7) is 0.919. The highest BCUT2D eigenvalue weighted by atomic mass is 16.5. The van der Waals surface area contributed by atoms with E-state index in [4.69, 9.17) is 13.9 Å². The van der Waals surface area contributed by atoms with Crippen molar-refractivity contribution in [2.75, 3.05) is 20.2 Å². The first-order valence-electron chi connectivity index (χ1n) is 8.99. The maximum Gasteiger partial charge on any atom is 0.289 e. The normalized spacial score (nSPS) is 16.8. The van der Waals surface area contributed by atoms with Gasteiger partial charge < -0.3 is 18.8 Å². The van der Waals surface area contributed by atoms with Crippen LogP contribution in [0.3, 0.4) is 0 Å². The topological polar surface area (TPSA) is 94.8 Å². The number of fused-ring (bicyclic) bond motifs is 1. The number of para-hydroxylation sites is 1. The predicted molar refractivity (Wildman–Crippen MR) is 101 cm³/mol. The molecule has 3 heterocycles. The average Bonchev–Trinajstić information content (AvgIpc) is 2.74. The summed E-state index contributed by atoms with van der Waals surface area (Å²) >= 11 is 0. The number of rotatable bonds is 4. The summed E-state index contributed by atoms with van der Waals surface area (Å²) in [5.74, 6) is 0.289. The predicted octanol–water partition coefficient (Wildman–Crippen LogP) is 2.28. The fraction of sp³-hybridized carbons (Fsp3) is 0.300. The van der Waals surface area contributed by atoms with Gasteiger partial charge in [0.05, 0.1) is 19.0 Å². The second-order valence-corrected chi connectivity index (χ2v) is 6.48. The van der Waals surface area contributed by atoms with Crippen LogP contribution in [0.4, 0.5) is 0 Å². The molecule has 1 aromatic carbocycles. The summed E-state index contributed by atoms with van der Waals surface area (Å²) in [5, 5.41) is 0.452. The molecule has 1 aliphatic rings. The number of hydrogen-bond donors (Lipinski definition) is 0. The third-order valence-corrected chi connectivity index (χ3v) is 4.62. The number of methoxy groups -OCH3 is 1. The van der Waals surface area contributed by atoms with Gasteiger partial charge in [-0.1, -0.05) is 12.1 Å². The Labute approximate surface area is 160 Å². The smallest absolute Gasteiger partial charge is 0.289 e. The van der Waals surface area contributed by atoms with Crippen molar-refractivity contribution in [2.24, 2.45) is 0 Å². The molecule has 0 saturated carbocycles. The van der Waals surface area contributed by atoms with Crippen molar-refractivity contribution in [1.82, 2.24) is 14.9 Å². The SMILES string of the molecule is COc1nccnc1OC1CCCN(C(=O)c2cc(=O)c3ccccc3o2)C1. The van der Waals surface area contributed by atoms with Crippen LogP contribution in [0.15, 0.2) is 51.9 Å². The maximum atomic E-state index is 12.9. The molecule has 2 aromatic heterocycles. The van der Waals surface area contributed by atoms with Crippen LogP contribution < -0.4 is 14.9 Å². The quantitative estimate of drug-likeness (QED) is 0.684. The van der Waals surface area contributed by atoms with Crippen LogP contribution >= 0.6 is 0 Å². The Balaban J connectivity index is 1.53. The van der Waals surface area contributed by atoms with Crippen LogP contribution in [0.2, 0.25) is 0 Å². The molecule has 0 radical (unpaired) electrons. The molecule has 1 aliphatic heterocycles. The average molecular weight is 381 g/mol. The standard InChI is InChI=1S/C20H19N3O5/c1-26-18-19(22-9-8-21-18)27-13-5-4-10-23(12-13)20(25)17-11-15(24)14-6-2-3-7-16(14)28-17/h2-3,6-9,11,13H,4-5,10,12H2,1H3. The molecular weight excluding hydrogens is 362 g/mol. The lowest BCUT2D eigenvalue weighted by atomic mass is 10.1. The van der Waals surface area contributed by atoms with Crippen molar-refractivity contribution in [3.05, 3.63) is 58.7 Å². The molecule has 1 fully saturated rings. The van der Waals surface area contributed by atoms with Gasteiger partial charge in [0.25, 0.3) is 17.7 Å². The molecule has 8 heteroatoms. The van der Waals surface area contributed by atoms with E-state index < -0.39 is 0 Å². The second-order valence-electron chi connectivity index (χ2n) is 6.48. The molecule has 1 unspecified atom stereocenters. The summed E-state index contributed by atoms with van der Waals surface area (Å²) < 4.78 is 16.7. The molecule has 1 amide bonds. The van der Waals surface area contributed by atoms with Gasteiger partial charge in [0, 0.05) is 25.0 Å². The molecule has 0 spiro atoms. The van der Waals surface area contributed by atoms with E-state index in [-0.39, 0.29) is 23.2 Å². The number of ether oxygens (including phenoxy) is 2. The van der Waals surface area contributed by atoms with Crippen LogP contribution in [0.1, 0.15) is 23.4 Å². The number of aromatic nitrogens is 2. The molecule has 1 atom stereocenters. The van der Waals surface area contributed by atoms with E-state index in [0.29, 0.717) is 35.8 Å². The minimum Gasteiger partial charge on any atom is -0.477 e. The van der Waals surface area contributed by atoms with Crippen LogP contribution in [-0.4, -0.2) is 47.1 Å². The van der Waals surface area contributed by atoms with E-state index in [0.717, 1.165) is 12.8 Å². The number of benzene rings is 1. The van der Waals surface area contributed by atoms with Crippen molar-refractivity contribution in [2.45, 2.75) is 18.9 Å². The highest BCUT2D eigenvalue weighted by Gasteiger charge is 2.28. The van der Waals surface area contributed by atoms with Gasteiger partial charge in [0.2, 0.25) is 0 Å². The molecule has 3 aromatic rings. The van der Waals surface area contributed by atoms with Gasteiger partial charge in [-0.05, 0) is 25.0 Å². The van der Waals surface area contributed by atoms with Gasteiger partial charge in [-0.2, -0.15) is 0 Å². The molecule has 4 rings (SSSR count). The Morgan fingerprint density at radius 3 is 2.82 bits per heavy atom. The maximum absolute atomic E-state index is 12.9. The molecule has 144 valence electrons. The van der Waals surface area contributed by atoms with Gasteiger partial charge in [0.15, 0.2) is 11.2 Å². The van der Waals surface area contributed by atoms with Crippen molar-refractivity contribution >= 4 is 16.9 Å². The molecular formula is C20H19N3O5. The number of hydrogen-bond acceptors (Lipinski definition) is 7. The zero-order valence-corrected chi connectivity index (χ0v) is 15.3. The van der Waals surface area contributed by atoms with Crippen LogP contribution in [-0.2, 0) is 0 Å². The van der Waals surface area contributed by atoms with Crippen LogP contribution in [0.5, 0.6) is 11.8 Å². The highest BCUT2D eigenvalue weighted by molar-refractivity contribution is 5.93. The highest BCUT2D eigenvalue weighted by Crippen LogP contribution is 2.24. The molecule has 0 bridgehead atoms. The Morgan fingerprint density at radius 1 is 1.21 bits per heavy atom. The molecule has 8 nitrogen and oxygen atoms in total. The van der Waals surface area contributed by atoms with Gasteiger partial charge in [-0.3, -0.25) is 9.59 Å². The number of carbonyl (C=O) groups is 1. The first-order chi connectivity index (χ1) is 13.7. The lowest BCUT2D eigenvalue weighted by Gasteiger charge is -2.32.